The van der Waals surface area contributed by atoms with Crippen molar-refractivity contribution in [3.05, 3.63) is 12.3 Å². The lowest BCUT2D eigenvalue weighted by Gasteiger charge is -2.28. The number of nitrogens with two attached hydrogens (primary N) is 1. The molecule has 0 aliphatic rings. The van der Waals surface area contributed by atoms with Crippen LogP contribution in [0.4, 0.5) is 11.8 Å². The van der Waals surface area contributed by atoms with Gasteiger partial charge in [-0.2, -0.15) is 4.98 Å². The summed E-state index contributed by atoms with van der Waals surface area (Å²) in [4.78, 5) is 12.9. The molecule has 17 heavy (non-hydrogen) atoms. The Bertz CT molecular complexity index is 337. The van der Waals surface area contributed by atoms with Crippen LogP contribution < -0.4 is 15.5 Å². The molecular weight excluding hydrogens is 214 g/mol. The molecular formula is C12H23N5. The third kappa shape index (κ3) is 3.85. The van der Waals surface area contributed by atoms with Gasteiger partial charge in [0.1, 0.15) is 5.82 Å². The summed E-state index contributed by atoms with van der Waals surface area (Å²) in [6.45, 7) is 5.95. The fraction of sp³-hybridized carbons (Fsp3) is 0.667. The third-order valence-corrected chi connectivity index (χ3v) is 2.55. The van der Waals surface area contributed by atoms with E-state index in [0.717, 1.165) is 24.7 Å². The Labute approximate surface area is 104 Å². The van der Waals surface area contributed by atoms with Crippen molar-refractivity contribution in [1.29, 1.82) is 0 Å². The Kier molecular flexibility index (Phi) is 5.15. The standard InChI is InChI=1S/C12H23N5/c1-10(2)17(9-5-7-13)11-6-8-14-12(15-11)16(3)4/h6,8,10H,5,7,9,13H2,1-4H3. The normalized spacial score (nSPS) is 10.7. The van der Waals surface area contributed by atoms with Crippen LogP contribution >= 0.6 is 0 Å². The smallest absolute Gasteiger partial charge is 0.226 e. The molecule has 0 aliphatic carbocycles. The SMILES string of the molecule is CC(C)N(CCCN)c1ccnc(N(C)C)n1. The zero-order valence-electron chi connectivity index (χ0n) is 11.2. The van der Waals surface area contributed by atoms with Gasteiger partial charge in [-0.3, -0.25) is 0 Å². The first kappa shape index (κ1) is 13.7. The van der Waals surface area contributed by atoms with Crippen molar-refractivity contribution in [2.45, 2.75) is 26.3 Å². The minimum absolute atomic E-state index is 0.409. The molecule has 0 saturated heterocycles. The summed E-state index contributed by atoms with van der Waals surface area (Å²) in [6, 6.07) is 2.36. The summed E-state index contributed by atoms with van der Waals surface area (Å²) in [5.41, 5.74) is 5.57. The van der Waals surface area contributed by atoms with Gasteiger partial charge in [-0.05, 0) is 32.9 Å². The van der Waals surface area contributed by atoms with Gasteiger partial charge >= 0.3 is 0 Å². The van der Waals surface area contributed by atoms with E-state index in [1.807, 2.05) is 25.1 Å². The molecule has 0 fully saturated rings. The Morgan fingerprint density at radius 1 is 1.35 bits per heavy atom. The summed E-state index contributed by atoms with van der Waals surface area (Å²) >= 11 is 0. The second-order valence-corrected chi connectivity index (χ2v) is 4.54. The molecule has 0 bridgehead atoms. The first-order valence-electron chi connectivity index (χ1n) is 6.03. The summed E-state index contributed by atoms with van der Waals surface area (Å²) in [7, 11) is 3.89. The van der Waals surface area contributed by atoms with Crippen LogP contribution in [0.3, 0.4) is 0 Å². The van der Waals surface area contributed by atoms with Crippen molar-refractivity contribution in [2.75, 3.05) is 37.0 Å². The van der Waals surface area contributed by atoms with Crippen LogP contribution in [0, 0.1) is 0 Å². The first-order valence-corrected chi connectivity index (χ1v) is 6.03. The zero-order valence-corrected chi connectivity index (χ0v) is 11.2. The number of hydrogen-bond acceptors (Lipinski definition) is 5. The maximum absolute atomic E-state index is 5.57. The van der Waals surface area contributed by atoms with Gasteiger partial charge in [-0.25, -0.2) is 4.98 Å². The molecule has 0 aromatic carbocycles. The topological polar surface area (TPSA) is 58.3 Å². The number of nitrogens with zero attached hydrogens (tertiary/aromatic N) is 4. The average molecular weight is 237 g/mol. The fourth-order valence-electron chi connectivity index (χ4n) is 1.61. The molecule has 0 amide bonds. The van der Waals surface area contributed by atoms with Gasteiger partial charge in [0, 0.05) is 32.9 Å². The largest absolute Gasteiger partial charge is 0.354 e. The van der Waals surface area contributed by atoms with E-state index in [-0.39, 0.29) is 0 Å². The van der Waals surface area contributed by atoms with E-state index < -0.39 is 0 Å². The molecule has 5 heteroatoms. The lowest BCUT2D eigenvalue weighted by atomic mass is 10.3. The second-order valence-electron chi connectivity index (χ2n) is 4.54. The minimum atomic E-state index is 0.409. The van der Waals surface area contributed by atoms with E-state index in [0.29, 0.717) is 12.6 Å². The van der Waals surface area contributed by atoms with Crippen molar-refractivity contribution in [1.82, 2.24) is 9.97 Å². The van der Waals surface area contributed by atoms with Gasteiger partial charge in [0.25, 0.3) is 0 Å². The van der Waals surface area contributed by atoms with Crippen molar-refractivity contribution >= 4 is 11.8 Å². The van der Waals surface area contributed by atoms with Crippen LogP contribution in [0.2, 0.25) is 0 Å². The summed E-state index contributed by atoms with van der Waals surface area (Å²) in [6.07, 6.45) is 2.77. The maximum atomic E-state index is 5.57. The highest BCUT2D eigenvalue weighted by atomic mass is 15.3. The highest BCUT2D eigenvalue weighted by Crippen LogP contribution is 2.16. The Morgan fingerprint density at radius 3 is 2.59 bits per heavy atom. The maximum Gasteiger partial charge on any atom is 0.226 e. The van der Waals surface area contributed by atoms with Crippen LogP contribution in [0.5, 0.6) is 0 Å². The van der Waals surface area contributed by atoms with Crippen molar-refractivity contribution < 1.29 is 0 Å². The van der Waals surface area contributed by atoms with Crippen LogP contribution in [-0.4, -0.2) is 43.2 Å². The summed E-state index contributed by atoms with van der Waals surface area (Å²) < 4.78 is 0. The summed E-state index contributed by atoms with van der Waals surface area (Å²) in [5.74, 6) is 1.70. The highest BCUT2D eigenvalue weighted by molar-refractivity contribution is 5.43. The zero-order chi connectivity index (χ0) is 12.8. The number of rotatable bonds is 6. The Balaban J connectivity index is 2.89. The highest BCUT2D eigenvalue weighted by Gasteiger charge is 2.12. The molecule has 0 atom stereocenters. The number of anilines is 2. The van der Waals surface area contributed by atoms with Gasteiger partial charge in [-0.15, -0.1) is 0 Å². The van der Waals surface area contributed by atoms with Gasteiger partial charge in [0.15, 0.2) is 0 Å². The molecule has 1 heterocycles. The van der Waals surface area contributed by atoms with Crippen LogP contribution in [0.15, 0.2) is 12.3 Å². The van der Waals surface area contributed by atoms with Crippen LogP contribution in [0.25, 0.3) is 0 Å². The second kappa shape index (κ2) is 6.39. The number of aromatic nitrogens is 2. The molecule has 1 aromatic rings. The minimum Gasteiger partial charge on any atom is -0.354 e. The molecule has 0 aliphatic heterocycles. The quantitative estimate of drug-likeness (QED) is 0.803. The predicted octanol–water partition coefficient (Wildman–Crippen LogP) is 1.11. The van der Waals surface area contributed by atoms with E-state index in [9.17, 15) is 0 Å². The van der Waals surface area contributed by atoms with Crippen LogP contribution in [-0.2, 0) is 0 Å². The fourth-order valence-corrected chi connectivity index (χ4v) is 1.61. The van der Waals surface area contributed by atoms with E-state index >= 15 is 0 Å². The lowest BCUT2D eigenvalue weighted by molar-refractivity contribution is 0.648. The van der Waals surface area contributed by atoms with Gasteiger partial charge < -0.3 is 15.5 Å². The first-order chi connectivity index (χ1) is 8.06. The molecule has 0 unspecified atom stereocenters. The molecule has 2 N–H and O–H groups in total. The Hall–Kier alpha value is -1.36. The van der Waals surface area contributed by atoms with Crippen molar-refractivity contribution in [2.24, 2.45) is 5.73 Å². The average Bonchev–Trinajstić information content (AvgIpc) is 2.29. The molecule has 5 nitrogen and oxygen atoms in total. The van der Waals surface area contributed by atoms with Gasteiger partial charge in [0.2, 0.25) is 5.95 Å². The van der Waals surface area contributed by atoms with Gasteiger partial charge in [0.05, 0.1) is 0 Å². The molecule has 0 saturated carbocycles. The molecule has 0 radical (unpaired) electrons. The molecule has 96 valence electrons. The number of hydrogen-bond donors (Lipinski definition) is 1. The third-order valence-electron chi connectivity index (χ3n) is 2.55. The van der Waals surface area contributed by atoms with E-state index in [1.165, 1.54) is 0 Å². The van der Waals surface area contributed by atoms with Crippen LogP contribution in [0.1, 0.15) is 20.3 Å². The molecule has 1 rings (SSSR count). The molecule has 1 aromatic heterocycles. The van der Waals surface area contributed by atoms with E-state index in [2.05, 4.69) is 28.7 Å². The van der Waals surface area contributed by atoms with Crippen molar-refractivity contribution in [3.8, 4) is 0 Å². The monoisotopic (exact) mass is 237 g/mol. The van der Waals surface area contributed by atoms with E-state index in [1.54, 1.807) is 6.20 Å². The molecule has 0 spiro atoms. The Morgan fingerprint density at radius 2 is 2.06 bits per heavy atom. The predicted molar refractivity (Wildman–Crippen MR) is 72.5 cm³/mol. The van der Waals surface area contributed by atoms with E-state index in [4.69, 9.17) is 5.73 Å². The summed E-state index contributed by atoms with van der Waals surface area (Å²) in [5, 5.41) is 0. The lowest BCUT2D eigenvalue weighted by Crippen LogP contribution is -2.33. The van der Waals surface area contributed by atoms with Gasteiger partial charge in [-0.1, -0.05) is 0 Å². The van der Waals surface area contributed by atoms with Crippen molar-refractivity contribution in [3.63, 3.8) is 0 Å².